The van der Waals surface area contributed by atoms with E-state index in [9.17, 15) is 9.90 Å². The molecule has 1 N–H and O–H groups in total. The summed E-state index contributed by atoms with van der Waals surface area (Å²) in [6, 6.07) is 31.8. The second-order valence-corrected chi connectivity index (χ2v) is 9.49. The van der Waals surface area contributed by atoms with E-state index in [1.807, 2.05) is 24.3 Å². The van der Waals surface area contributed by atoms with Crippen LogP contribution in [0.25, 0.3) is 0 Å². The van der Waals surface area contributed by atoms with Gasteiger partial charge in [-0.25, -0.2) is 4.79 Å². The molecule has 1 aliphatic rings. The van der Waals surface area contributed by atoms with Crippen LogP contribution in [0.2, 0.25) is 0 Å². The van der Waals surface area contributed by atoms with Gasteiger partial charge in [-0.1, -0.05) is 97.1 Å². The lowest BCUT2D eigenvalue weighted by atomic mass is 9.74. The van der Waals surface area contributed by atoms with Crippen LogP contribution in [0.5, 0.6) is 0 Å². The van der Waals surface area contributed by atoms with Crippen LogP contribution >= 0.6 is 0 Å². The van der Waals surface area contributed by atoms with Gasteiger partial charge in [-0.3, -0.25) is 9.58 Å². The lowest BCUT2D eigenvalue weighted by molar-refractivity contribution is 0.0526. The van der Waals surface area contributed by atoms with Gasteiger partial charge in [0, 0.05) is 19.3 Å². The van der Waals surface area contributed by atoms with Gasteiger partial charge < -0.3 is 9.84 Å². The first-order valence-corrected chi connectivity index (χ1v) is 13.1. The first kappa shape index (κ1) is 25.6. The number of carbonyl (C=O) groups is 1. The number of benzene rings is 3. The molecule has 0 amide bonds. The average molecular weight is 508 g/mol. The standard InChI is InChI=1S/C32H33N3O3/c1-2-38-31(37)26-22-33-35(24-26)21-18-25-23-34(20-19-30(25)36)32(27-12-6-3-7-13-27,28-14-8-4-9-15-28)29-16-10-5-11-17-29/h3-18,22,24,30,36H,2,19-21,23H2,1H3/b25-18-. The summed E-state index contributed by atoms with van der Waals surface area (Å²) < 4.78 is 6.77. The Bertz CT molecular complexity index is 1270. The summed E-state index contributed by atoms with van der Waals surface area (Å²) >= 11 is 0. The summed E-state index contributed by atoms with van der Waals surface area (Å²) in [6.45, 7) is 3.87. The third kappa shape index (κ3) is 5.05. The molecule has 1 atom stereocenters. The maximum absolute atomic E-state index is 12.0. The summed E-state index contributed by atoms with van der Waals surface area (Å²) in [6.07, 6.45) is 5.32. The number of aliphatic hydroxyl groups excluding tert-OH is 1. The van der Waals surface area contributed by atoms with Crippen LogP contribution in [-0.4, -0.2) is 51.6 Å². The van der Waals surface area contributed by atoms with Crippen LogP contribution in [0, 0.1) is 0 Å². The number of nitrogens with zero attached hydrogens (tertiary/aromatic N) is 3. The summed E-state index contributed by atoms with van der Waals surface area (Å²) in [5.74, 6) is -0.381. The molecule has 2 heterocycles. The quantitative estimate of drug-likeness (QED) is 0.206. The number of hydrogen-bond acceptors (Lipinski definition) is 5. The predicted octanol–water partition coefficient (Wildman–Crippen LogP) is 5.04. The average Bonchev–Trinajstić information content (AvgIpc) is 3.45. The number of ether oxygens (including phenoxy) is 1. The Balaban J connectivity index is 1.54. The zero-order valence-electron chi connectivity index (χ0n) is 21.6. The molecular formula is C32H33N3O3. The third-order valence-corrected chi connectivity index (χ3v) is 7.21. The molecule has 0 radical (unpaired) electrons. The number of piperidine rings is 1. The molecule has 0 aliphatic carbocycles. The second kappa shape index (κ2) is 11.6. The van der Waals surface area contributed by atoms with E-state index in [-0.39, 0.29) is 5.97 Å². The summed E-state index contributed by atoms with van der Waals surface area (Å²) in [5.41, 5.74) is 4.37. The molecule has 1 aromatic heterocycles. The van der Waals surface area contributed by atoms with Crippen molar-refractivity contribution in [3.8, 4) is 0 Å². The fraction of sp³-hybridized carbons (Fsp3) is 0.250. The SMILES string of the molecule is CCOC(=O)c1cnn(C/C=C2/CN(C(c3ccccc3)(c3ccccc3)c3ccccc3)CCC2O)c1. The number of carbonyl (C=O) groups excluding carboxylic acids is 1. The molecule has 3 aromatic carbocycles. The minimum Gasteiger partial charge on any atom is -0.462 e. The van der Waals surface area contributed by atoms with Crippen molar-refractivity contribution in [3.63, 3.8) is 0 Å². The highest BCUT2D eigenvalue weighted by molar-refractivity contribution is 5.88. The van der Waals surface area contributed by atoms with Crippen molar-refractivity contribution < 1.29 is 14.6 Å². The molecule has 5 rings (SSSR count). The fourth-order valence-corrected chi connectivity index (χ4v) is 5.44. The van der Waals surface area contributed by atoms with Crippen LogP contribution in [0.3, 0.4) is 0 Å². The molecular weight excluding hydrogens is 474 g/mol. The van der Waals surface area contributed by atoms with Crippen molar-refractivity contribution in [1.29, 1.82) is 0 Å². The molecule has 1 unspecified atom stereocenters. The van der Waals surface area contributed by atoms with E-state index in [1.165, 1.54) is 22.9 Å². The van der Waals surface area contributed by atoms with Gasteiger partial charge in [0.25, 0.3) is 0 Å². The lowest BCUT2D eigenvalue weighted by Gasteiger charge is -2.48. The van der Waals surface area contributed by atoms with Crippen LogP contribution in [0.1, 0.15) is 40.4 Å². The monoisotopic (exact) mass is 507 g/mol. The normalized spacial score (nSPS) is 17.4. The number of aromatic nitrogens is 2. The molecule has 0 spiro atoms. The van der Waals surface area contributed by atoms with Gasteiger partial charge in [-0.2, -0.15) is 5.10 Å². The number of rotatable bonds is 8. The maximum atomic E-state index is 12.0. The molecule has 1 saturated heterocycles. The van der Waals surface area contributed by atoms with E-state index in [0.717, 1.165) is 12.1 Å². The fourth-order valence-electron chi connectivity index (χ4n) is 5.44. The molecule has 4 aromatic rings. The Morgan fingerprint density at radius 3 is 2.05 bits per heavy atom. The molecule has 6 nitrogen and oxygen atoms in total. The molecule has 6 heteroatoms. The predicted molar refractivity (Wildman–Crippen MR) is 148 cm³/mol. The Morgan fingerprint density at radius 2 is 1.53 bits per heavy atom. The molecule has 1 aliphatic heterocycles. The number of esters is 1. The summed E-state index contributed by atoms with van der Waals surface area (Å²) in [4.78, 5) is 14.5. The molecule has 0 bridgehead atoms. The van der Waals surface area contributed by atoms with Crippen molar-refractivity contribution in [1.82, 2.24) is 14.7 Å². The Hall–Kier alpha value is -4.00. The van der Waals surface area contributed by atoms with Gasteiger partial charge in [0.15, 0.2) is 0 Å². The highest BCUT2D eigenvalue weighted by atomic mass is 16.5. The third-order valence-electron chi connectivity index (χ3n) is 7.21. The summed E-state index contributed by atoms with van der Waals surface area (Å²) in [5, 5.41) is 15.3. The Kier molecular flexibility index (Phi) is 7.82. The molecule has 38 heavy (non-hydrogen) atoms. The van der Waals surface area contributed by atoms with E-state index < -0.39 is 11.6 Å². The van der Waals surface area contributed by atoms with Gasteiger partial charge in [0.05, 0.1) is 36.6 Å². The van der Waals surface area contributed by atoms with Crippen molar-refractivity contribution in [2.24, 2.45) is 0 Å². The highest BCUT2D eigenvalue weighted by Crippen LogP contribution is 2.44. The molecule has 194 valence electrons. The summed E-state index contributed by atoms with van der Waals surface area (Å²) in [7, 11) is 0. The van der Waals surface area contributed by atoms with Crippen LogP contribution in [0.4, 0.5) is 0 Å². The second-order valence-electron chi connectivity index (χ2n) is 9.49. The van der Waals surface area contributed by atoms with Crippen LogP contribution < -0.4 is 0 Å². The minimum absolute atomic E-state index is 0.322. The van der Waals surface area contributed by atoms with Gasteiger partial charge in [-0.05, 0) is 35.6 Å². The van der Waals surface area contributed by atoms with Gasteiger partial charge in [0.2, 0.25) is 0 Å². The zero-order chi connectivity index (χ0) is 26.4. The van der Waals surface area contributed by atoms with E-state index >= 15 is 0 Å². The number of hydrogen-bond donors (Lipinski definition) is 1. The van der Waals surface area contributed by atoms with E-state index in [2.05, 4.69) is 82.8 Å². The lowest BCUT2D eigenvalue weighted by Crippen LogP contribution is -2.53. The van der Waals surface area contributed by atoms with Crippen molar-refractivity contribution in [3.05, 3.63) is 137 Å². The van der Waals surface area contributed by atoms with Crippen LogP contribution in [0.15, 0.2) is 115 Å². The Morgan fingerprint density at radius 1 is 0.974 bits per heavy atom. The first-order chi connectivity index (χ1) is 18.6. The van der Waals surface area contributed by atoms with Gasteiger partial charge >= 0.3 is 5.97 Å². The first-order valence-electron chi connectivity index (χ1n) is 13.1. The van der Waals surface area contributed by atoms with E-state index in [4.69, 9.17) is 4.74 Å². The molecule has 1 fully saturated rings. The van der Waals surface area contributed by atoms with Gasteiger partial charge in [-0.15, -0.1) is 0 Å². The van der Waals surface area contributed by atoms with Crippen molar-refractivity contribution in [2.75, 3.05) is 19.7 Å². The smallest absolute Gasteiger partial charge is 0.341 e. The number of allylic oxidation sites excluding steroid dienone is 1. The van der Waals surface area contributed by atoms with Gasteiger partial charge in [0.1, 0.15) is 0 Å². The minimum atomic E-state index is -0.536. The van der Waals surface area contributed by atoms with E-state index in [0.29, 0.717) is 31.7 Å². The topological polar surface area (TPSA) is 67.6 Å². The maximum Gasteiger partial charge on any atom is 0.341 e. The largest absolute Gasteiger partial charge is 0.462 e. The van der Waals surface area contributed by atoms with Crippen molar-refractivity contribution >= 4 is 5.97 Å². The molecule has 0 saturated carbocycles. The van der Waals surface area contributed by atoms with E-state index in [1.54, 1.807) is 17.8 Å². The zero-order valence-corrected chi connectivity index (χ0v) is 21.6. The highest BCUT2D eigenvalue weighted by Gasteiger charge is 2.44. The van der Waals surface area contributed by atoms with Crippen molar-refractivity contribution in [2.45, 2.75) is 31.5 Å². The number of likely N-dealkylation sites (tertiary alicyclic amines) is 1. The number of aliphatic hydroxyl groups is 1. The van der Waals surface area contributed by atoms with Crippen LogP contribution in [-0.2, 0) is 16.8 Å². The Labute approximate surface area is 223 Å².